The summed E-state index contributed by atoms with van der Waals surface area (Å²) in [6, 6.07) is 2.88. The van der Waals surface area contributed by atoms with Gasteiger partial charge < -0.3 is 18.6 Å². The molecule has 1 unspecified atom stereocenters. The number of carbonyl (C=O) groups is 3. The minimum atomic E-state index is -0.678. The number of furan rings is 1. The van der Waals surface area contributed by atoms with Gasteiger partial charge in [0.2, 0.25) is 5.91 Å². The van der Waals surface area contributed by atoms with E-state index in [2.05, 4.69) is 0 Å². The molecular weight excluding hydrogens is 372 g/mol. The highest BCUT2D eigenvalue weighted by Crippen LogP contribution is 2.33. The third-order valence-electron chi connectivity index (χ3n) is 5.61. The first kappa shape index (κ1) is 20.9. The number of hydrogen-bond acceptors (Lipinski definition) is 5. The van der Waals surface area contributed by atoms with Crippen LogP contribution in [-0.4, -0.2) is 39.8 Å². The summed E-state index contributed by atoms with van der Waals surface area (Å²) in [5.41, 5.74) is 2.10. The summed E-state index contributed by atoms with van der Waals surface area (Å²) in [5.74, 6) is -0.0600. The molecule has 1 saturated carbocycles. The molecule has 1 atom stereocenters. The topological polar surface area (TPSA) is 81.8 Å². The van der Waals surface area contributed by atoms with Gasteiger partial charge in [-0.05, 0) is 58.2 Å². The minimum Gasteiger partial charge on any atom is -0.467 e. The second-order valence-corrected chi connectivity index (χ2v) is 7.57. The fraction of sp³-hybridized carbons (Fsp3) is 0.500. The van der Waals surface area contributed by atoms with E-state index in [-0.39, 0.29) is 30.8 Å². The summed E-state index contributed by atoms with van der Waals surface area (Å²) >= 11 is 0. The molecule has 0 aliphatic heterocycles. The number of Topliss-reactive ketones (excluding diaryl/α,β-unsaturated/α-hetero) is 1. The van der Waals surface area contributed by atoms with E-state index < -0.39 is 12.0 Å². The molecule has 1 aliphatic rings. The van der Waals surface area contributed by atoms with E-state index in [1.807, 2.05) is 0 Å². The number of carbonyl (C=O) groups excluding carboxylic acids is 3. The van der Waals surface area contributed by atoms with Gasteiger partial charge >= 0.3 is 5.97 Å². The molecule has 2 aromatic rings. The average molecular weight is 400 g/mol. The largest absolute Gasteiger partial charge is 0.467 e. The van der Waals surface area contributed by atoms with Gasteiger partial charge in [-0.3, -0.25) is 9.59 Å². The lowest BCUT2D eigenvalue weighted by Gasteiger charge is -2.28. The molecule has 2 heterocycles. The molecule has 3 rings (SSSR count). The number of esters is 1. The van der Waals surface area contributed by atoms with Crippen molar-refractivity contribution in [3.05, 3.63) is 46.7 Å². The number of rotatable bonds is 8. The highest BCUT2D eigenvalue weighted by molar-refractivity contribution is 6.06. The Balaban J connectivity index is 1.94. The summed E-state index contributed by atoms with van der Waals surface area (Å²) in [4.78, 5) is 40.3. The lowest BCUT2D eigenvalue weighted by atomic mass is 9.99. The Morgan fingerprint density at radius 2 is 2.00 bits per heavy atom. The van der Waals surface area contributed by atoms with Crippen molar-refractivity contribution in [2.75, 3.05) is 6.61 Å². The predicted molar refractivity (Wildman–Crippen MR) is 107 cm³/mol. The Morgan fingerprint density at radius 1 is 1.31 bits per heavy atom. The maximum atomic E-state index is 13.5. The second kappa shape index (κ2) is 8.27. The summed E-state index contributed by atoms with van der Waals surface area (Å²) in [7, 11) is 1.74. The van der Waals surface area contributed by atoms with E-state index in [0.29, 0.717) is 28.3 Å². The van der Waals surface area contributed by atoms with Gasteiger partial charge in [-0.25, -0.2) is 4.79 Å². The quantitative estimate of drug-likeness (QED) is 0.501. The van der Waals surface area contributed by atoms with Gasteiger partial charge in [0.1, 0.15) is 11.5 Å². The molecule has 0 N–H and O–H groups in total. The fourth-order valence-electron chi connectivity index (χ4n) is 3.72. The summed E-state index contributed by atoms with van der Waals surface area (Å²) < 4.78 is 12.2. The van der Waals surface area contributed by atoms with Gasteiger partial charge in [0.15, 0.2) is 5.78 Å². The Hall–Kier alpha value is -2.83. The maximum Gasteiger partial charge on any atom is 0.355 e. The van der Waals surface area contributed by atoms with Crippen molar-refractivity contribution < 1.29 is 23.5 Å². The second-order valence-electron chi connectivity index (χ2n) is 7.57. The predicted octanol–water partition coefficient (Wildman–Crippen LogP) is 3.42. The van der Waals surface area contributed by atoms with E-state index in [1.54, 1.807) is 62.6 Å². The number of amides is 1. The number of ether oxygens (including phenoxy) is 1. The molecule has 7 heteroatoms. The van der Waals surface area contributed by atoms with Crippen LogP contribution in [0.15, 0.2) is 22.8 Å². The van der Waals surface area contributed by atoms with Crippen LogP contribution < -0.4 is 0 Å². The first-order valence-electron chi connectivity index (χ1n) is 9.97. The molecule has 1 fully saturated rings. The van der Waals surface area contributed by atoms with E-state index in [1.165, 1.54) is 0 Å². The maximum absolute atomic E-state index is 13.5. The molecule has 0 bridgehead atoms. The first-order chi connectivity index (χ1) is 13.8. The van der Waals surface area contributed by atoms with Crippen LogP contribution in [0.4, 0.5) is 0 Å². The number of ketones is 1. The molecule has 0 aromatic carbocycles. The van der Waals surface area contributed by atoms with E-state index in [4.69, 9.17) is 9.15 Å². The number of nitrogens with zero attached hydrogens (tertiary/aromatic N) is 2. The van der Waals surface area contributed by atoms with E-state index >= 15 is 0 Å². The van der Waals surface area contributed by atoms with Gasteiger partial charge in [-0.1, -0.05) is 0 Å². The van der Waals surface area contributed by atoms with Crippen molar-refractivity contribution in [1.82, 2.24) is 9.47 Å². The molecular formula is C22H28N2O5. The van der Waals surface area contributed by atoms with Crippen LogP contribution in [0.1, 0.15) is 64.6 Å². The highest BCUT2D eigenvalue weighted by atomic mass is 16.5. The first-order valence-corrected chi connectivity index (χ1v) is 9.97. The third-order valence-corrected chi connectivity index (χ3v) is 5.61. The van der Waals surface area contributed by atoms with Gasteiger partial charge in [0.25, 0.3) is 0 Å². The molecule has 1 aliphatic carbocycles. The van der Waals surface area contributed by atoms with Gasteiger partial charge in [-0.2, -0.15) is 0 Å². The molecule has 29 heavy (non-hydrogen) atoms. The van der Waals surface area contributed by atoms with Crippen LogP contribution >= 0.6 is 0 Å². The molecule has 1 amide bonds. The van der Waals surface area contributed by atoms with Gasteiger partial charge in [0, 0.05) is 24.2 Å². The Kier molecular flexibility index (Phi) is 5.96. The van der Waals surface area contributed by atoms with E-state index in [9.17, 15) is 14.4 Å². The number of hydrogen-bond donors (Lipinski definition) is 0. The fourth-order valence-corrected chi connectivity index (χ4v) is 3.72. The van der Waals surface area contributed by atoms with Crippen molar-refractivity contribution in [2.24, 2.45) is 13.0 Å². The lowest BCUT2D eigenvalue weighted by molar-refractivity contribution is -0.134. The summed E-state index contributed by atoms with van der Waals surface area (Å²) in [5, 5.41) is 0. The zero-order chi connectivity index (χ0) is 21.3. The highest BCUT2D eigenvalue weighted by Gasteiger charge is 2.39. The standard InChI is InChI=1S/C22H28N2O5/c1-6-28-22(27)19-13(2)18(14(3)23(19)5)20(25)15(4)24(21(26)16-9-10-16)12-17-8-7-11-29-17/h7-8,11,15-16H,6,9-10,12H2,1-5H3. The van der Waals surface area contributed by atoms with Crippen molar-refractivity contribution in [2.45, 2.75) is 53.1 Å². The van der Waals surface area contributed by atoms with Crippen LogP contribution in [0.2, 0.25) is 0 Å². The molecule has 2 aromatic heterocycles. The van der Waals surface area contributed by atoms with Gasteiger partial charge in [-0.15, -0.1) is 0 Å². The molecule has 7 nitrogen and oxygen atoms in total. The zero-order valence-corrected chi connectivity index (χ0v) is 17.7. The van der Waals surface area contributed by atoms with Crippen LogP contribution in [0.25, 0.3) is 0 Å². The van der Waals surface area contributed by atoms with Gasteiger partial charge in [0.05, 0.1) is 25.5 Å². The summed E-state index contributed by atoms with van der Waals surface area (Å²) in [6.07, 6.45) is 3.26. The number of aromatic nitrogens is 1. The summed E-state index contributed by atoms with van der Waals surface area (Å²) in [6.45, 7) is 7.53. The third kappa shape index (κ3) is 3.99. The van der Waals surface area contributed by atoms with Crippen LogP contribution in [-0.2, 0) is 23.1 Å². The van der Waals surface area contributed by atoms with Crippen molar-refractivity contribution in [3.8, 4) is 0 Å². The van der Waals surface area contributed by atoms with Crippen molar-refractivity contribution in [1.29, 1.82) is 0 Å². The average Bonchev–Trinajstić information content (AvgIpc) is 3.36. The van der Waals surface area contributed by atoms with Crippen molar-refractivity contribution in [3.63, 3.8) is 0 Å². The SMILES string of the molecule is CCOC(=O)c1c(C)c(C(=O)C(C)N(Cc2ccco2)C(=O)C2CC2)c(C)n1C. The molecule has 0 radical (unpaired) electrons. The monoisotopic (exact) mass is 400 g/mol. The molecule has 156 valence electrons. The smallest absolute Gasteiger partial charge is 0.355 e. The van der Waals surface area contributed by atoms with Crippen molar-refractivity contribution >= 4 is 17.7 Å². The molecule has 0 saturated heterocycles. The lowest BCUT2D eigenvalue weighted by Crippen LogP contribution is -2.43. The zero-order valence-electron chi connectivity index (χ0n) is 17.7. The Morgan fingerprint density at radius 3 is 2.55 bits per heavy atom. The Labute approximate surface area is 170 Å². The van der Waals surface area contributed by atoms with Crippen LogP contribution in [0.3, 0.4) is 0 Å². The normalized spacial score (nSPS) is 14.5. The van der Waals surface area contributed by atoms with Crippen LogP contribution in [0.5, 0.6) is 0 Å². The minimum absolute atomic E-state index is 0.0201. The Bertz CT molecular complexity index is 922. The van der Waals surface area contributed by atoms with Crippen LogP contribution in [0, 0.1) is 19.8 Å². The van der Waals surface area contributed by atoms with E-state index in [0.717, 1.165) is 12.8 Å². The molecule has 0 spiro atoms.